The molecule has 0 bridgehead atoms. The molecule has 50 heavy (non-hydrogen) atoms. The minimum Gasteiger partial charge on any atom is -0.378 e. The summed E-state index contributed by atoms with van der Waals surface area (Å²) in [4.78, 5) is 70.7. The lowest BCUT2D eigenvalue weighted by atomic mass is 9.87. The molecule has 5 heterocycles. The number of fused-ring (bicyclic) bond motifs is 1. The number of likely N-dealkylation sites (N-methyl/N-ethyl adjacent to an activating group) is 1. The number of nitrogens with zero attached hydrogens (tertiary/aromatic N) is 6. The number of hydrogen-bond donors (Lipinski definition) is 2. The number of benzene rings is 2. The monoisotopic (exact) mass is 700 g/mol. The van der Waals surface area contributed by atoms with Crippen LogP contribution in [-0.2, 0) is 29.7 Å². The van der Waals surface area contributed by atoms with Gasteiger partial charge in [-0.05, 0) is 60.7 Å². The third kappa shape index (κ3) is 6.90. The molecule has 4 aliphatic rings. The molecule has 13 nitrogen and oxygen atoms in total. The number of likely N-dealkylation sites (tertiary alicyclic amines) is 1. The first kappa shape index (κ1) is 33.9. The van der Waals surface area contributed by atoms with Gasteiger partial charge in [-0.3, -0.25) is 34.2 Å². The van der Waals surface area contributed by atoms with E-state index in [0.717, 1.165) is 49.3 Å². The van der Waals surface area contributed by atoms with Gasteiger partial charge in [0, 0.05) is 83.0 Å². The summed E-state index contributed by atoms with van der Waals surface area (Å²) in [5.74, 6) is -0.611. The Morgan fingerprint density at radius 3 is 2.50 bits per heavy atom. The molecule has 0 spiro atoms. The molecule has 1 unspecified atom stereocenters. The quantitative estimate of drug-likeness (QED) is 0.355. The normalized spacial score (nSPS) is 23.2. The summed E-state index contributed by atoms with van der Waals surface area (Å²) >= 11 is 6.30. The Kier molecular flexibility index (Phi) is 9.46. The SMILES string of the molecule is CN1C[C@@H](Nc2cnn(C)c(=O)c2Cl)C[C@@H](c2ccc(C(=O)N3CCN(Cc4ccc5c(c4)CN(C4CCC(=O)NC4=O)C5=O)CC3)cc2)C1. The van der Waals surface area contributed by atoms with Crippen LogP contribution in [0.4, 0.5) is 5.69 Å². The van der Waals surface area contributed by atoms with E-state index in [9.17, 15) is 24.0 Å². The van der Waals surface area contributed by atoms with E-state index < -0.39 is 11.9 Å². The Balaban J connectivity index is 0.916. The van der Waals surface area contributed by atoms with E-state index in [1.54, 1.807) is 18.1 Å². The molecule has 2 aromatic carbocycles. The van der Waals surface area contributed by atoms with Gasteiger partial charge in [-0.25, -0.2) is 4.68 Å². The minimum absolute atomic E-state index is 0.0221. The maximum atomic E-state index is 13.5. The average molecular weight is 701 g/mol. The van der Waals surface area contributed by atoms with Crippen LogP contribution in [0.25, 0.3) is 0 Å². The number of carbonyl (C=O) groups is 4. The number of amides is 4. The van der Waals surface area contributed by atoms with E-state index in [1.807, 2.05) is 35.2 Å². The van der Waals surface area contributed by atoms with Crippen LogP contribution in [0.1, 0.15) is 62.6 Å². The summed E-state index contributed by atoms with van der Waals surface area (Å²) in [6.07, 6.45) is 3.01. The van der Waals surface area contributed by atoms with Gasteiger partial charge in [0.1, 0.15) is 11.1 Å². The predicted molar refractivity (Wildman–Crippen MR) is 187 cm³/mol. The van der Waals surface area contributed by atoms with E-state index in [1.165, 1.54) is 4.68 Å². The van der Waals surface area contributed by atoms with Gasteiger partial charge in [-0.1, -0.05) is 35.9 Å². The van der Waals surface area contributed by atoms with Crippen molar-refractivity contribution in [1.29, 1.82) is 0 Å². The van der Waals surface area contributed by atoms with Gasteiger partial charge < -0.3 is 20.0 Å². The van der Waals surface area contributed by atoms with Gasteiger partial charge in [0.25, 0.3) is 17.4 Å². The predicted octanol–water partition coefficient (Wildman–Crippen LogP) is 2.05. The molecule has 3 saturated heterocycles. The first-order chi connectivity index (χ1) is 24.0. The molecule has 1 aromatic heterocycles. The van der Waals surface area contributed by atoms with Gasteiger partial charge in [-0.15, -0.1) is 0 Å². The van der Waals surface area contributed by atoms with Gasteiger partial charge in [0.05, 0.1) is 11.9 Å². The number of piperidine rings is 2. The Morgan fingerprint density at radius 2 is 1.76 bits per heavy atom. The number of aryl methyl sites for hydroxylation is 1. The van der Waals surface area contributed by atoms with Crippen molar-refractivity contribution in [2.75, 3.05) is 51.6 Å². The van der Waals surface area contributed by atoms with E-state index in [-0.39, 0.29) is 46.7 Å². The maximum absolute atomic E-state index is 13.5. The first-order valence-electron chi connectivity index (χ1n) is 17.1. The summed E-state index contributed by atoms with van der Waals surface area (Å²) in [6, 6.07) is 13.2. The van der Waals surface area contributed by atoms with E-state index in [4.69, 9.17) is 11.6 Å². The summed E-state index contributed by atoms with van der Waals surface area (Å²) < 4.78 is 1.22. The molecule has 4 amide bonds. The van der Waals surface area contributed by atoms with Crippen molar-refractivity contribution < 1.29 is 19.2 Å². The zero-order valence-electron chi connectivity index (χ0n) is 28.2. The number of halogens is 1. The number of rotatable bonds is 7. The van der Waals surface area contributed by atoms with Crippen molar-refractivity contribution in [3.63, 3.8) is 0 Å². The number of carbonyl (C=O) groups excluding carboxylic acids is 4. The Hall–Kier alpha value is -4.59. The minimum atomic E-state index is -0.627. The van der Waals surface area contributed by atoms with Crippen molar-refractivity contribution in [1.82, 2.24) is 34.7 Å². The lowest BCUT2D eigenvalue weighted by Gasteiger charge is -2.37. The molecule has 3 atom stereocenters. The second-order valence-electron chi connectivity index (χ2n) is 13.9. The van der Waals surface area contributed by atoms with Crippen molar-refractivity contribution >= 4 is 40.9 Å². The lowest BCUT2D eigenvalue weighted by Crippen LogP contribution is -2.52. The number of anilines is 1. The second-order valence-corrected chi connectivity index (χ2v) is 14.3. The fraction of sp³-hybridized carbons (Fsp3) is 0.444. The molecule has 3 aromatic rings. The Morgan fingerprint density at radius 1 is 1.00 bits per heavy atom. The third-order valence-corrected chi connectivity index (χ3v) is 10.7. The van der Waals surface area contributed by atoms with E-state index >= 15 is 0 Å². The van der Waals surface area contributed by atoms with E-state index in [2.05, 4.69) is 44.7 Å². The maximum Gasteiger partial charge on any atom is 0.287 e. The van der Waals surface area contributed by atoms with Crippen LogP contribution in [0.5, 0.6) is 0 Å². The average Bonchev–Trinajstić information content (AvgIpc) is 3.43. The molecule has 262 valence electrons. The van der Waals surface area contributed by atoms with Crippen LogP contribution in [0.2, 0.25) is 5.02 Å². The summed E-state index contributed by atoms with van der Waals surface area (Å²) in [5.41, 5.74) is 4.61. The molecule has 0 saturated carbocycles. The summed E-state index contributed by atoms with van der Waals surface area (Å²) in [7, 11) is 3.65. The molecular formula is C36H41ClN8O5. The van der Waals surface area contributed by atoms with Crippen LogP contribution >= 0.6 is 11.6 Å². The number of aromatic nitrogens is 2. The summed E-state index contributed by atoms with van der Waals surface area (Å²) in [6.45, 7) is 5.45. The molecule has 4 aliphatic heterocycles. The Labute approximate surface area is 295 Å². The highest BCUT2D eigenvalue weighted by molar-refractivity contribution is 6.32. The fourth-order valence-corrected chi connectivity index (χ4v) is 7.90. The van der Waals surface area contributed by atoms with Crippen LogP contribution in [0, 0.1) is 0 Å². The third-order valence-electron chi connectivity index (χ3n) is 10.4. The van der Waals surface area contributed by atoms with Crippen molar-refractivity contribution in [2.45, 2.75) is 50.4 Å². The topological polar surface area (TPSA) is 140 Å². The number of imide groups is 1. The molecule has 2 N–H and O–H groups in total. The molecule has 3 fully saturated rings. The van der Waals surface area contributed by atoms with Gasteiger partial charge in [0.2, 0.25) is 11.8 Å². The number of hydrogen-bond acceptors (Lipinski definition) is 9. The molecule has 0 aliphatic carbocycles. The van der Waals surface area contributed by atoms with Crippen LogP contribution in [0.15, 0.2) is 53.5 Å². The molecule has 7 rings (SSSR count). The van der Waals surface area contributed by atoms with Gasteiger partial charge >= 0.3 is 0 Å². The zero-order chi connectivity index (χ0) is 35.1. The van der Waals surface area contributed by atoms with Crippen LogP contribution in [-0.4, -0.2) is 111 Å². The molecule has 14 heteroatoms. The fourth-order valence-electron chi connectivity index (χ4n) is 7.67. The molecule has 0 radical (unpaired) electrons. The molecular weight excluding hydrogens is 660 g/mol. The number of nitrogens with one attached hydrogen (secondary N) is 2. The second kappa shape index (κ2) is 14.0. The van der Waals surface area contributed by atoms with Crippen LogP contribution in [0.3, 0.4) is 0 Å². The van der Waals surface area contributed by atoms with Crippen molar-refractivity contribution in [2.24, 2.45) is 7.05 Å². The smallest absolute Gasteiger partial charge is 0.287 e. The van der Waals surface area contributed by atoms with Crippen LogP contribution < -0.4 is 16.2 Å². The van der Waals surface area contributed by atoms with Gasteiger partial charge in [0.15, 0.2) is 0 Å². The number of piperazine rings is 1. The summed E-state index contributed by atoms with van der Waals surface area (Å²) in [5, 5.41) is 10.00. The zero-order valence-corrected chi connectivity index (χ0v) is 29.0. The standard InChI is InChI=1S/C36H41ClN8O5/c1-41-19-25(16-27(21-41)39-29-17-38-42(2)36(50)32(29)37)23-4-6-24(7-5-23)34(48)44-13-11-43(12-14-44)18-22-3-8-28-26(15-22)20-45(35(28)49)30-9-10-31(46)40-33(30)47/h3-8,15,17,25,27,30,39H,9-14,16,18-21H2,1-2H3,(H,40,46,47)/t25-,27+,30?/m1/s1. The van der Waals surface area contributed by atoms with Crippen molar-refractivity contribution in [3.05, 3.63) is 91.9 Å². The lowest BCUT2D eigenvalue weighted by molar-refractivity contribution is -0.136. The van der Waals surface area contributed by atoms with Crippen molar-refractivity contribution in [3.8, 4) is 0 Å². The highest BCUT2D eigenvalue weighted by atomic mass is 35.5. The Bertz CT molecular complexity index is 1890. The first-order valence-corrected chi connectivity index (χ1v) is 17.5. The van der Waals surface area contributed by atoms with E-state index in [0.29, 0.717) is 49.4 Å². The largest absolute Gasteiger partial charge is 0.378 e. The highest BCUT2D eigenvalue weighted by Gasteiger charge is 2.39. The van der Waals surface area contributed by atoms with Gasteiger partial charge in [-0.2, -0.15) is 5.10 Å². The highest BCUT2D eigenvalue weighted by Crippen LogP contribution is 2.31.